The molecule has 1 fully saturated rings. The van der Waals surface area contributed by atoms with Crippen LogP contribution in [-0.4, -0.2) is 41.7 Å². The van der Waals surface area contributed by atoms with Crippen LogP contribution in [0, 0.1) is 5.41 Å². The van der Waals surface area contributed by atoms with Gasteiger partial charge in [-0.05, 0) is 18.6 Å². The third-order valence-corrected chi connectivity index (χ3v) is 5.16. The first-order valence-electron chi connectivity index (χ1n) is 6.04. The zero-order valence-corrected chi connectivity index (χ0v) is 11.9. The van der Waals surface area contributed by atoms with Gasteiger partial charge >= 0.3 is 5.97 Å². The smallest absolute Gasteiger partial charge is 0.337 e. The quantitative estimate of drug-likeness (QED) is 0.732. The highest BCUT2D eigenvalue weighted by atomic mass is 32.2. The van der Waals surface area contributed by atoms with Crippen molar-refractivity contribution >= 4 is 16.0 Å². The van der Waals surface area contributed by atoms with Crippen LogP contribution >= 0.6 is 0 Å². The number of aliphatic hydroxyl groups excluding tert-OH is 1. The summed E-state index contributed by atoms with van der Waals surface area (Å²) < 4.78 is 26.7. The molecule has 0 spiro atoms. The summed E-state index contributed by atoms with van der Waals surface area (Å²) >= 11 is 0. The zero-order chi connectivity index (χ0) is 15.1. The average molecular weight is 300 g/mol. The number of carbonyl (C=O) groups is 1. The standard InChI is InChI=1S/C12H16N2O5S/c1-12(2)8(5-9(12)15)14-20(18,19)10-4-3-7(6-13-10)11(16)17/h3-4,6,8-9,14-15H,5H2,1-2H3,(H,16,17). The number of carboxylic acid groups (broad SMARTS) is 1. The van der Waals surface area contributed by atoms with Crippen LogP contribution < -0.4 is 4.72 Å². The van der Waals surface area contributed by atoms with Gasteiger partial charge in [0.1, 0.15) is 0 Å². The van der Waals surface area contributed by atoms with E-state index in [-0.39, 0.29) is 16.6 Å². The molecule has 0 aromatic carbocycles. The van der Waals surface area contributed by atoms with E-state index in [0.717, 1.165) is 12.3 Å². The topological polar surface area (TPSA) is 117 Å². The molecule has 20 heavy (non-hydrogen) atoms. The van der Waals surface area contributed by atoms with Gasteiger partial charge in [-0.15, -0.1) is 0 Å². The van der Waals surface area contributed by atoms with Gasteiger partial charge in [0.05, 0.1) is 11.7 Å². The van der Waals surface area contributed by atoms with Crippen LogP contribution in [0.4, 0.5) is 0 Å². The minimum absolute atomic E-state index is 0.0802. The fourth-order valence-electron chi connectivity index (χ4n) is 2.02. The molecule has 1 saturated carbocycles. The van der Waals surface area contributed by atoms with Crippen molar-refractivity contribution < 1.29 is 23.4 Å². The molecule has 0 bridgehead atoms. The lowest BCUT2D eigenvalue weighted by Gasteiger charge is -2.49. The van der Waals surface area contributed by atoms with Crippen molar-refractivity contribution in [2.45, 2.75) is 37.4 Å². The number of rotatable bonds is 4. The second kappa shape index (κ2) is 4.80. The third kappa shape index (κ3) is 2.54. The van der Waals surface area contributed by atoms with E-state index in [1.54, 1.807) is 13.8 Å². The fourth-order valence-corrected chi connectivity index (χ4v) is 3.35. The number of hydrogen-bond donors (Lipinski definition) is 3. The number of nitrogens with one attached hydrogen (secondary N) is 1. The lowest BCUT2D eigenvalue weighted by atomic mass is 9.65. The Morgan fingerprint density at radius 1 is 1.45 bits per heavy atom. The summed E-state index contributed by atoms with van der Waals surface area (Å²) in [4.78, 5) is 14.3. The third-order valence-electron chi connectivity index (χ3n) is 3.77. The Bertz CT molecular complexity index is 624. The molecule has 7 nitrogen and oxygen atoms in total. The Morgan fingerprint density at radius 3 is 2.50 bits per heavy atom. The van der Waals surface area contributed by atoms with Crippen LogP contribution in [0.1, 0.15) is 30.6 Å². The molecule has 2 atom stereocenters. The number of aromatic nitrogens is 1. The average Bonchev–Trinajstić information content (AvgIpc) is 2.38. The van der Waals surface area contributed by atoms with Gasteiger partial charge in [-0.3, -0.25) is 0 Å². The van der Waals surface area contributed by atoms with Crippen molar-refractivity contribution in [3.63, 3.8) is 0 Å². The van der Waals surface area contributed by atoms with Gasteiger partial charge in [-0.25, -0.2) is 22.9 Å². The second-order valence-electron chi connectivity index (χ2n) is 5.44. The lowest BCUT2D eigenvalue weighted by Crippen LogP contribution is -2.61. The van der Waals surface area contributed by atoms with E-state index in [2.05, 4.69) is 9.71 Å². The Hall–Kier alpha value is -1.51. The molecule has 1 aliphatic carbocycles. The van der Waals surface area contributed by atoms with E-state index in [1.165, 1.54) is 6.07 Å². The maximum absolute atomic E-state index is 12.1. The molecule has 2 rings (SSSR count). The highest BCUT2D eigenvalue weighted by Gasteiger charge is 2.49. The summed E-state index contributed by atoms with van der Waals surface area (Å²) in [5, 5.41) is 18.1. The summed E-state index contributed by atoms with van der Waals surface area (Å²) in [6.07, 6.45) is 0.800. The van der Waals surface area contributed by atoms with Gasteiger partial charge in [-0.1, -0.05) is 13.8 Å². The van der Waals surface area contributed by atoms with E-state index in [9.17, 15) is 18.3 Å². The van der Waals surface area contributed by atoms with E-state index in [0.29, 0.717) is 6.42 Å². The lowest BCUT2D eigenvalue weighted by molar-refractivity contribution is -0.0645. The summed E-state index contributed by atoms with van der Waals surface area (Å²) in [5.74, 6) is -1.17. The van der Waals surface area contributed by atoms with E-state index < -0.39 is 27.5 Å². The van der Waals surface area contributed by atoms with E-state index in [4.69, 9.17) is 5.11 Å². The Morgan fingerprint density at radius 2 is 2.10 bits per heavy atom. The predicted molar refractivity (Wildman–Crippen MR) is 69.7 cm³/mol. The molecule has 8 heteroatoms. The van der Waals surface area contributed by atoms with Crippen LogP contribution in [0.15, 0.2) is 23.4 Å². The highest BCUT2D eigenvalue weighted by Crippen LogP contribution is 2.41. The summed E-state index contributed by atoms with van der Waals surface area (Å²) in [6.45, 7) is 3.55. The number of pyridine rings is 1. The molecule has 1 aromatic heterocycles. The minimum atomic E-state index is -3.82. The number of hydrogen-bond acceptors (Lipinski definition) is 5. The van der Waals surface area contributed by atoms with Crippen LogP contribution in [0.5, 0.6) is 0 Å². The van der Waals surface area contributed by atoms with Gasteiger partial charge in [-0.2, -0.15) is 0 Å². The fraction of sp³-hybridized carbons (Fsp3) is 0.500. The molecule has 110 valence electrons. The first kappa shape index (κ1) is 14.9. The maximum atomic E-state index is 12.1. The zero-order valence-electron chi connectivity index (χ0n) is 11.1. The number of sulfonamides is 1. The molecule has 2 unspecified atom stereocenters. The first-order valence-corrected chi connectivity index (χ1v) is 7.52. The van der Waals surface area contributed by atoms with Gasteiger partial charge in [0.2, 0.25) is 0 Å². The van der Waals surface area contributed by atoms with Crippen molar-refractivity contribution in [2.24, 2.45) is 5.41 Å². The molecule has 0 aliphatic heterocycles. The first-order chi connectivity index (χ1) is 9.14. The maximum Gasteiger partial charge on any atom is 0.337 e. The molecule has 0 saturated heterocycles. The van der Waals surface area contributed by atoms with Gasteiger partial charge in [0.25, 0.3) is 10.0 Å². The molecule has 3 N–H and O–H groups in total. The minimum Gasteiger partial charge on any atom is -0.478 e. The Balaban J connectivity index is 2.17. The number of aromatic carboxylic acids is 1. The normalized spacial score (nSPS) is 24.9. The van der Waals surface area contributed by atoms with E-state index in [1.807, 2.05) is 0 Å². The summed E-state index contributed by atoms with van der Waals surface area (Å²) in [5.41, 5.74) is -0.614. The molecule has 0 radical (unpaired) electrons. The van der Waals surface area contributed by atoms with Crippen molar-refractivity contribution in [3.05, 3.63) is 23.9 Å². The van der Waals surface area contributed by atoms with Crippen molar-refractivity contribution in [1.29, 1.82) is 0 Å². The van der Waals surface area contributed by atoms with Crippen molar-refractivity contribution in [3.8, 4) is 0 Å². The molecule has 0 amide bonds. The monoisotopic (exact) mass is 300 g/mol. The van der Waals surface area contributed by atoms with Crippen LogP contribution in [0.3, 0.4) is 0 Å². The Labute approximate surface area is 116 Å². The summed E-state index contributed by atoms with van der Waals surface area (Å²) in [7, 11) is -3.82. The SMILES string of the molecule is CC1(C)C(O)CC1NS(=O)(=O)c1ccc(C(=O)O)cn1. The molecule has 1 aromatic rings. The predicted octanol–water partition coefficient (Wildman–Crippen LogP) is 0.217. The van der Waals surface area contributed by atoms with Crippen molar-refractivity contribution in [1.82, 2.24) is 9.71 Å². The largest absolute Gasteiger partial charge is 0.478 e. The van der Waals surface area contributed by atoms with Crippen LogP contribution in [0.2, 0.25) is 0 Å². The van der Waals surface area contributed by atoms with Gasteiger partial charge in [0.15, 0.2) is 5.03 Å². The van der Waals surface area contributed by atoms with Crippen LogP contribution in [-0.2, 0) is 10.0 Å². The number of carboxylic acids is 1. The van der Waals surface area contributed by atoms with E-state index >= 15 is 0 Å². The Kier molecular flexibility index (Phi) is 3.57. The van der Waals surface area contributed by atoms with Gasteiger partial charge in [0, 0.05) is 17.7 Å². The number of aliphatic hydroxyl groups is 1. The summed E-state index contributed by atoms with van der Waals surface area (Å²) in [6, 6.07) is 1.96. The highest BCUT2D eigenvalue weighted by molar-refractivity contribution is 7.89. The van der Waals surface area contributed by atoms with Gasteiger partial charge < -0.3 is 10.2 Å². The molecule has 1 heterocycles. The molecule has 1 aliphatic rings. The number of nitrogens with zero attached hydrogens (tertiary/aromatic N) is 1. The molecular formula is C12H16N2O5S. The van der Waals surface area contributed by atoms with Crippen LogP contribution in [0.25, 0.3) is 0 Å². The molecular weight excluding hydrogens is 284 g/mol. The second-order valence-corrected chi connectivity index (χ2v) is 7.10. The van der Waals surface area contributed by atoms with Crippen molar-refractivity contribution in [2.75, 3.05) is 0 Å².